The largest absolute Gasteiger partial charge is 0.309 e. The maximum atomic E-state index is 4.63. The smallest absolute Gasteiger partial charge is 0.0746 e. The van der Waals surface area contributed by atoms with E-state index in [-0.39, 0.29) is 0 Å². The SMILES string of the molecule is Cc1cccnc1-c1cncc(-c2ccc3c4ccc5cc(-c6ccccc6)ccc5c4n(-c4ccccc4)c3c2)c1. The Bertz CT molecular complexity index is 2250. The second kappa shape index (κ2) is 9.83. The van der Waals surface area contributed by atoms with Gasteiger partial charge in [-0.1, -0.05) is 91.0 Å². The number of benzene rings is 5. The van der Waals surface area contributed by atoms with Gasteiger partial charge in [0.1, 0.15) is 0 Å². The van der Waals surface area contributed by atoms with Crippen LogP contribution in [0.15, 0.2) is 146 Å². The fourth-order valence-corrected chi connectivity index (χ4v) is 6.19. The van der Waals surface area contributed by atoms with E-state index in [1.807, 2.05) is 24.7 Å². The summed E-state index contributed by atoms with van der Waals surface area (Å²) in [6.07, 6.45) is 5.68. The van der Waals surface area contributed by atoms with Gasteiger partial charge >= 0.3 is 0 Å². The topological polar surface area (TPSA) is 30.7 Å². The highest BCUT2D eigenvalue weighted by molar-refractivity contribution is 6.19. The number of para-hydroxylation sites is 1. The van der Waals surface area contributed by atoms with Crippen molar-refractivity contribution < 1.29 is 0 Å². The van der Waals surface area contributed by atoms with Crippen molar-refractivity contribution in [1.82, 2.24) is 14.5 Å². The molecule has 3 heterocycles. The van der Waals surface area contributed by atoms with Crippen molar-refractivity contribution in [3.63, 3.8) is 0 Å². The molecule has 0 bridgehead atoms. The fraction of sp³-hybridized carbons (Fsp3) is 0.0256. The van der Waals surface area contributed by atoms with Crippen LogP contribution < -0.4 is 0 Å². The first-order valence-corrected chi connectivity index (χ1v) is 14.2. The molecule has 0 aliphatic heterocycles. The lowest BCUT2D eigenvalue weighted by Gasteiger charge is -2.11. The lowest BCUT2D eigenvalue weighted by atomic mass is 9.99. The first-order valence-electron chi connectivity index (χ1n) is 14.2. The molecule has 3 heteroatoms. The molecule has 3 aromatic heterocycles. The van der Waals surface area contributed by atoms with Crippen LogP contribution in [0.25, 0.3) is 71.8 Å². The van der Waals surface area contributed by atoms with Gasteiger partial charge in [-0.3, -0.25) is 9.97 Å². The Hall–Kier alpha value is -5.54. The van der Waals surface area contributed by atoms with Gasteiger partial charge < -0.3 is 4.57 Å². The Balaban J connectivity index is 1.37. The van der Waals surface area contributed by atoms with E-state index >= 15 is 0 Å². The Kier molecular flexibility index (Phi) is 5.68. The normalized spacial score (nSPS) is 11.5. The molecule has 0 unspecified atom stereocenters. The highest BCUT2D eigenvalue weighted by atomic mass is 15.0. The first kappa shape index (κ1) is 24.3. The minimum atomic E-state index is 0.965. The third kappa shape index (κ3) is 3.98. The average molecular weight is 538 g/mol. The maximum Gasteiger partial charge on any atom is 0.0746 e. The van der Waals surface area contributed by atoms with Gasteiger partial charge in [0.2, 0.25) is 0 Å². The van der Waals surface area contributed by atoms with E-state index < -0.39 is 0 Å². The average Bonchev–Trinajstić information content (AvgIpc) is 3.40. The van der Waals surface area contributed by atoms with Crippen molar-refractivity contribution in [2.24, 2.45) is 0 Å². The predicted octanol–water partition coefficient (Wildman–Crippen LogP) is 10.0. The number of aryl methyl sites for hydroxylation is 1. The molecule has 8 aromatic rings. The molecule has 0 amide bonds. The molecule has 3 nitrogen and oxygen atoms in total. The molecule has 0 aliphatic carbocycles. The van der Waals surface area contributed by atoms with Crippen LogP contribution in [0.4, 0.5) is 0 Å². The Morgan fingerprint density at radius 3 is 2.05 bits per heavy atom. The van der Waals surface area contributed by atoms with Gasteiger partial charge in [-0.2, -0.15) is 0 Å². The van der Waals surface area contributed by atoms with Crippen LogP contribution >= 0.6 is 0 Å². The number of hydrogen-bond acceptors (Lipinski definition) is 2. The number of pyridine rings is 2. The van der Waals surface area contributed by atoms with E-state index in [0.29, 0.717) is 0 Å². The van der Waals surface area contributed by atoms with Gasteiger partial charge in [0.15, 0.2) is 0 Å². The molecule has 42 heavy (non-hydrogen) atoms. The second-order valence-corrected chi connectivity index (χ2v) is 10.8. The molecule has 8 rings (SSSR count). The van der Waals surface area contributed by atoms with E-state index in [1.54, 1.807) is 0 Å². The highest BCUT2D eigenvalue weighted by Gasteiger charge is 2.17. The van der Waals surface area contributed by atoms with Crippen molar-refractivity contribution in [2.45, 2.75) is 6.92 Å². The summed E-state index contributed by atoms with van der Waals surface area (Å²) in [6.45, 7) is 2.09. The molecule has 0 aliphatic rings. The van der Waals surface area contributed by atoms with Crippen LogP contribution in [0.5, 0.6) is 0 Å². The number of aromatic nitrogens is 3. The number of fused-ring (bicyclic) bond motifs is 5. The van der Waals surface area contributed by atoms with Gasteiger partial charge in [-0.05, 0) is 71.0 Å². The van der Waals surface area contributed by atoms with Gasteiger partial charge in [-0.15, -0.1) is 0 Å². The zero-order valence-corrected chi connectivity index (χ0v) is 23.2. The van der Waals surface area contributed by atoms with Crippen LogP contribution in [-0.2, 0) is 0 Å². The second-order valence-electron chi connectivity index (χ2n) is 10.8. The van der Waals surface area contributed by atoms with E-state index in [9.17, 15) is 0 Å². The van der Waals surface area contributed by atoms with Crippen LogP contribution in [0.1, 0.15) is 5.56 Å². The Morgan fingerprint density at radius 1 is 0.524 bits per heavy atom. The summed E-state index contributed by atoms with van der Waals surface area (Å²) in [7, 11) is 0. The molecule has 0 radical (unpaired) electrons. The zero-order chi connectivity index (χ0) is 28.0. The van der Waals surface area contributed by atoms with Crippen molar-refractivity contribution >= 4 is 32.6 Å². The van der Waals surface area contributed by atoms with E-state index in [0.717, 1.165) is 33.6 Å². The summed E-state index contributed by atoms with van der Waals surface area (Å²) >= 11 is 0. The molecule has 0 spiro atoms. The Morgan fingerprint density at radius 2 is 1.24 bits per heavy atom. The predicted molar refractivity (Wildman–Crippen MR) is 175 cm³/mol. The lowest BCUT2D eigenvalue weighted by molar-refractivity contribution is 1.19. The molecule has 0 N–H and O–H groups in total. The summed E-state index contributed by atoms with van der Waals surface area (Å²) in [6, 6.07) is 45.7. The van der Waals surface area contributed by atoms with Gasteiger partial charge in [0, 0.05) is 51.6 Å². The molecule has 5 aromatic carbocycles. The standard InChI is InChI=1S/C39H27N3/c1-26-9-8-20-41-38(26)32-22-31(24-40-25-32)29-15-18-35-36-19-16-30-21-28(27-10-4-2-5-11-27)14-17-34(30)39(36)42(37(35)23-29)33-12-6-3-7-13-33/h2-25H,1H3. The van der Waals surface area contributed by atoms with E-state index in [2.05, 4.69) is 143 Å². The quantitative estimate of drug-likeness (QED) is 0.224. The van der Waals surface area contributed by atoms with Crippen molar-refractivity contribution in [2.75, 3.05) is 0 Å². The van der Waals surface area contributed by atoms with Crippen LogP contribution in [0.2, 0.25) is 0 Å². The molecular formula is C39H27N3. The summed E-state index contributed by atoms with van der Waals surface area (Å²) < 4.78 is 2.42. The minimum Gasteiger partial charge on any atom is -0.309 e. The summed E-state index contributed by atoms with van der Waals surface area (Å²) in [4.78, 5) is 9.24. The monoisotopic (exact) mass is 537 g/mol. The van der Waals surface area contributed by atoms with Gasteiger partial charge in [-0.25, -0.2) is 0 Å². The summed E-state index contributed by atoms with van der Waals surface area (Å²) in [5, 5.41) is 4.95. The molecule has 0 saturated heterocycles. The third-order valence-corrected chi connectivity index (χ3v) is 8.22. The highest BCUT2D eigenvalue weighted by Crippen LogP contribution is 2.39. The fourth-order valence-electron chi connectivity index (χ4n) is 6.19. The van der Waals surface area contributed by atoms with Crippen LogP contribution in [0, 0.1) is 6.92 Å². The van der Waals surface area contributed by atoms with Crippen molar-refractivity contribution in [3.05, 3.63) is 152 Å². The van der Waals surface area contributed by atoms with Gasteiger partial charge in [0.05, 0.1) is 16.7 Å². The molecular weight excluding hydrogens is 510 g/mol. The lowest BCUT2D eigenvalue weighted by Crippen LogP contribution is -1.94. The number of rotatable bonds is 4. The number of nitrogens with zero attached hydrogens (tertiary/aromatic N) is 3. The first-order chi connectivity index (χ1) is 20.7. The van der Waals surface area contributed by atoms with Crippen LogP contribution in [-0.4, -0.2) is 14.5 Å². The summed E-state index contributed by atoms with van der Waals surface area (Å²) in [5.41, 5.74) is 11.3. The van der Waals surface area contributed by atoms with E-state index in [4.69, 9.17) is 0 Å². The summed E-state index contributed by atoms with van der Waals surface area (Å²) in [5.74, 6) is 0. The molecule has 0 atom stereocenters. The maximum absolute atomic E-state index is 4.63. The molecule has 198 valence electrons. The van der Waals surface area contributed by atoms with Crippen molar-refractivity contribution in [3.8, 4) is 39.2 Å². The van der Waals surface area contributed by atoms with Gasteiger partial charge in [0.25, 0.3) is 0 Å². The molecule has 0 saturated carbocycles. The van der Waals surface area contributed by atoms with Crippen LogP contribution in [0.3, 0.4) is 0 Å². The minimum absolute atomic E-state index is 0.965. The third-order valence-electron chi connectivity index (χ3n) is 8.22. The van der Waals surface area contributed by atoms with Crippen molar-refractivity contribution in [1.29, 1.82) is 0 Å². The Labute approximate surface area is 244 Å². The van der Waals surface area contributed by atoms with E-state index in [1.165, 1.54) is 43.7 Å². The zero-order valence-electron chi connectivity index (χ0n) is 23.2. The molecule has 0 fully saturated rings. The number of hydrogen-bond donors (Lipinski definition) is 0.